The van der Waals surface area contributed by atoms with Gasteiger partial charge in [0.15, 0.2) is 5.96 Å². The smallest absolute Gasteiger partial charge is 0.238 e. The van der Waals surface area contributed by atoms with Crippen LogP contribution in [0, 0.1) is 5.92 Å². The molecule has 0 unspecified atom stereocenters. The zero-order valence-corrected chi connectivity index (χ0v) is 18.6. The standard InChI is InChI=1S/C19H31N5O.HI/c1-15-8-10-24(11-9-15)19(20-2)21-13-16-6-5-7-17(12-16)22-18(25)14-23(3)4;/h5-7,12,15H,8-11,13-14H2,1-4H3,(H,20,21)(H,22,25);1H. The molecule has 146 valence electrons. The molecule has 1 fully saturated rings. The molecule has 1 aliphatic rings. The lowest BCUT2D eigenvalue weighted by atomic mass is 9.99. The summed E-state index contributed by atoms with van der Waals surface area (Å²) in [6.07, 6.45) is 2.43. The Kier molecular flexibility index (Phi) is 9.93. The molecular weight excluding hydrogens is 441 g/mol. The third-order valence-electron chi connectivity index (χ3n) is 4.42. The van der Waals surface area contributed by atoms with E-state index in [1.165, 1.54) is 12.8 Å². The molecule has 6 nitrogen and oxygen atoms in total. The van der Waals surface area contributed by atoms with Crippen molar-refractivity contribution in [3.63, 3.8) is 0 Å². The van der Waals surface area contributed by atoms with Gasteiger partial charge >= 0.3 is 0 Å². The monoisotopic (exact) mass is 473 g/mol. The number of piperidine rings is 1. The highest BCUT2D eigenvalue weighted by atomic mass is 127. The number of rotatable bonds is 5. The molecule has 1 aromatic rings. The van der Waals surface area contributed by atoms with Gasteiger partial charge in [-0.2, -0.15) is 0 Å². The summed E-state index contributed by atoms with van der Waals surface area (Å²) in [7, 11) is 5.60. The van der Waals surface area contributed by atoms with E-state index >= 15 is 0 Å². The van der Waals surface area contributed by atoms with Gasteiger partial charge in [0.05, 0.1) is 6.54 Å². The first kappa shape index (κ1) is 22.7. The third-order valence-corrected chi connectivity index (χ3v) is 4.42. The van der Waals surface area contributed by atoms with E-state index in [2.05, 4.69) is 33.5 Å². The van der Waals surface area contributed by atoms with E-state index in [4.69, 9.17) is 0 Å². The van der Waals surface area contributed by atoms with Crippen molar-refractivity contribution >= 4 is 41.5 Å². The van der Waals surface area contributed by atoms with Crippen LogP contribution < -0.4 is 10.6 Å². The van der Waals surface area contributed by atoms with Crippen molar-refractivity contribution in [2.24, 2.45) is 10.9 Å². The van der Waals surface area contributed by atoms with Crippen molar-refractivity contribution < 1.29 is 4.79 Å². The van der Waals surface area contributed by atoms with Crippen molar-refractivity contribution in [1.29, 1.82) is 0 Å². The molecule has 0 aliphatic carbocycles. The average molecular weight is 473 g/mol. The highest BCUT2D eigenvalue weighted by molar-refractivity contribution is 14.0. The first-order valence-electron chi connectivity index (χ1n) is 8.97. The molecule has 0 saturated carbocycles. The zero-order chi connectivity index (χ0) is 18.2. The Morgan fingerprint density at radius 1 is 1.31 bits per heavy atom. The second-order valence-electron chi connectivity index (χ2n) is 7.06. The lowest BCUT2D eigenvalue weighted by molar-refractivity contribution is -0.116. The number of aliphatic imine (C=N–C) groups is 1. The number of anilines is 1. The van der Waals surface area contributed by atoms with Gasteiger partial charge in [-0.05, 0) is 50.6 Å². The number of carbonyl (C=O) groups excluding carboxylic acids is 1. The van der Waals surface area contributed by atoms with Crippen LogP contribution in [0.1, 0.15) is 25.3 Å². The predicted molar refractivity (Wildman–Crippen MR) is 119 cm³/mol. The maximum Gasteiger partial charge on any atom is 0.238 e. The molecule has 0 atom stereocenters. The minimum atomic E-state index is -0.00615. The van der Waals surface area contributed by atoms with E-state index in [1.54, 1.807) is 0 Å². The fraction of sp³-hybridized carbons (Fsp3) is 0.579. The summed E-state index contributed by atoms with van der Waals surface area (Å²) < 4.78 is 0. The number of halogens is 1. The molecule has 2 N–H and O–H groups in total. The fourth-order valence-corrected chi connectivity index (χ4v) is 2.98. The van der Waals surface area contributed by atoms with E-state index < -0.39 is 0 Å². The number of nitrogens with zero attached hydrogens (tertiary/aromatic N) is 3. The first-order chi connectivity index (χ1) is 12.0. The number of hydrogen-bond acceptors (Lipinski definition) is 3. The van der Waals surface area contributed by atoms with Gasteiger partial charge in [0, 0.05) is 32.4 Å². The highest BCUT2D eigenvalue weighted by Gasteiger charge is 2.18. The van der Waals surface area contributed by atoms with Crippen LogP contribution in [0.15, 0.2) is 29.3 Å². The molecule has 26 heavy (non-hydrogen) atoms. The van der Waals surface area contributed by atoms with Gasteiger partial charge in [-0.3, -0.25) is 9.79 Å². The van der Waals surface area contributed by atoms with Gasteiger partial charge in [0.2, 0.25) is 5.91 Å². The number of likely N-dealkylation sites (N-methyl/N-ethyl adjacent to an activating group) is 1. The minimum Gasteiger partial charge on any atom is -0.352 e. The molecule has 1 heterocycles. The number of nitrogens with one attached hydrogen (secondary N) is 2. The van der Waals surface area contributed by atoms with Gasteiger partial charge in [-0.25, -0.2) is 0 Å². The van der Waals surface area contributed by atoms with Crippen LogP contribution >= 0.6 is 24.0 Å². The van der Waals surface area contributed by atoms with Crippen LogP contribution in [0.5, 0.6) is 0 Å². The molecule has 2 rings (SSSR count). The second kappa shape index (κ2) is 11.4. The van der Waals surface area contributed by atoms with Gasteiger partial charge < -0.3 is 20.4 Å². The summed E-state index contributed by atoms with van der Waals surface area (Å²) in [5.41, 5.74) is 1.95. The summed E-state index contributed by atoms with van der Waals surface area (Å²) in [6.45, 7) is 5.49. The van der Waals surface area contributed by atoms with Crippen LogP contribution in [0.3, 0.4) is 0 Å². The van der Waals surface area contributed by atoms with Gasteiger partial charge in [0.1, 0.15) is 0 Å². The fourth-order valence-electron chi connectivity index (χ4n) is 2.98. The van der Waals surface area contributed by atoms with Crippen LogP contribution in [-0.2, 0) is 11.3 Å². The van der Waals surface area contributed by atoms with Crippen LogP contribution in [0.25, 0.3) is 0 Å². The average Bonchev–Trinajstić information content (AvgIpc) is 2.56. The molecule has 1 aromatic carbocycles. The van der Waals surface area contributed by atoms with Crippen molar-refractivity contribution in [2.45, 2.75) is 26.3 Å². The van der Waals surface area contributed by atoms with E-state index in [9.17, 15) is 4.79 Å². The molecule has 7 heteroatoms. The molecule has 0 bridgehead atoms. The number of amides is 1. The van der Waals surface area contributed by atoms with Gasteiger partial charge in [-0.1, -0.05) is 19.1 Å². The first-order valence-corrected chi connectivity index (χ1v) is 8.97. The zero-order valence-electron chi connectivity index (χ0n) is 16.3. The Balaban J connectivity index is 0.00000338. The van der Waals surface area contributed by atoms with Crippen molar-refractivity contribution in [2.75, 3.05) is 46.1 Å². The molecule has 0 radical (unpaired) electrons. The molecule has 1 saturated heterocycles. The highest BCUT2D eigenvalue weighted by Crippen LogP contribution is 2.16. The van der Waals surface area contributed by atoms with Crippen LogP contribution in [0.2, 0.25) is 0 Å². The minimum absolute atomic E-state index is 0. The maximum absolute atomic E-state index is 11.9. The number of hydrogen-bond donors (Lipinski definition) is 2. The molecule has 1 amide bonds. The number of carbonyl (C=O) groups is 1. The van der Waals surface area contributed by atoms with Crippen molar-refractivity contribution in [3.05, 3.63) is 29.8 Å². The predicted octanol–water partition coefficient (Wildman–Crippen LogP) is 2.61. The van der Waals surface area contributed by atoms with Crippen molar-refractivity contribution in [3.8, 4) is 0 Å². The Morgan fingerprint density at radius 2 is 2.00 bits per heavy atom. The normalized spacial score (nSPS) is 15.6. The summed E-state index contributed by atoms with van der Waals surface area (Å²) >= 11 is 0. The molecular formula is C19H32IN5O. The summed E-state index contributed by atoms with van der Waals surface area (Å²) in [4.78, 5) is 20.5. The number of benzene rings is 1. The molecule has 0 aromatic heterocycles. The van der Waals surface area contributed by atoms with E-state index in [1.807, 2.05) is 44.2 Å². The van der Waals surface area contributed by atoms with E-state index in [-0.39, 0.29) is 29.9 Å². The molecule has 1 aliphatic heterocycles. The Labute approximate surface area is 174 Å². The Morgan fingerprint density at radius 3 is 2.62 bits per heavy atom. The van der Waals surface area contributed by atoms with Crippen LogP contribution in [0.4, 0.5) is 5.69 Å². The Bertz CT molecular complexity index is 597. The lowest BCUT2D eigenvalue weighted by Gasteiger charge is -2.33. The summed E-state index contributed by atoms with van der Waals surface area (Å²) in [5, 5.41) is 6.37. The number of likely N-dealkylation sites (tertiary alicyclic amines) is 1. The Hall–Kier alpha value is -1.35. The second-order valence-corrected chi connectivity index (χ2v) is 7.06. The summed E-state index contributed by atoms with van der Waals surface area (Å²) in [6, 6.07) is 7.94. The van der Waals surface area contributed by atoms with E-state index in [0.29, 0.717) is 13.1 Å². The van der Waals surface area contributed by atoms with Crippen LogP contribution in [-0.4, -0.2) is 62.4 Å². The van der Waals surface area contributed by atoms with Gasteiger partial charge in [0.25, 0.3) is 0 Å². The van der Waals surface area contributed by atoms with Crippen molar-refractivity contribution in [1.82, 2.24) is 15.1 Å². The van der Waals surface area contributed by atoms with E-state index in [0.717, 1.165) is 36.2 Å². The molecule has 0 spiro atoms. The van der Waals surface area contributed by atoms with Gasteiger partial charge in [-0.15, -0.1) is 24.0 Å². The third kappa shape index (κ3) is 7.49. The largest absolute Gasteiger partial charge is 0.352 e. The quantitative estimate of drug-likeness (QED) is 0.392. The number of guanidine groups is 1. The lowest BCUT2D eigenvalue weighted by Crippen LogP contribution is -2.45. The SMILES string of the molecule is CN=C(NCc1cccc(NC(=O)CN(C)C)c1)N1CCC(C)CC1.I. The topological polar surface area (TPSA) is 60.0 Å². The summed E-state index contributed by atoms with van der Waals surface area (Å²) in [5.74, 6) is 1.75. The maximum atomic E-state index is 11.9.